The molecule has 0 saturated heterocycles. The van der Waals surface area contributed by atoms with Crippen molar-refractivity contribution in [2.75, 3.05) is 10.6 Å². The first-order valence-electron chi connectivity index (χ1n) is 7.19. The molecule has 5 nitrogen and oxygen atoms in total. The standard InChI is InChI=1S/C17H18FN3O2/c1-11(2)19-17(23)20-13-7-5-6-12(10-13)16(22)21-15-9-4-3-8-14(15)18/h3-11H,1-2H3,(H,21,22)(H2,19,20,23). The second kappa shape index (κ2) is 7.40. The highest BCUT2D eigenvalue weighted by atomic mass is 19.1. The van der Waals surface area contributed by atoms with Gasteiger partial charge < -0.3 is 16.0 Å². The quantitative estimate of drug-likeness (QED) is 0.806. The molecule has 0 spiro atoms. The Balaban J connectivity index is 2.08. The van der Waals surface area contributed by atoms with Crippen LogP contribution < -0.4 is 16.0 Å². The summed E-state index contributed by atoms with van der Waals surface area (Å²) in [5.41, 5.74) is 0.897. The molecule has 2 rings (SSSR count). The number of hydrogen-bond acceptors (Lipinski definition) is 2. The van der Waals surface area contributed by atoms with E-state index >= 15 is 0 Å². The van der Waals surface area contributed by atoms with Gasteiger partial charge in [0.15, 0.2) is 0 Å². The van der Waals surface area contributed by atoms with Gasteiger partial charge >= 0.3 is 6.03 Å². The first-order chi connectivity index (χ1) is 11.0. The zero-order valence-electron chi connectivity index (χ0n) is 12.9. The highest BCUT2D eigenvalue weighted by molar-refractivity contribution is 6.05. The van der Waals surface area contributed by atoms with E-state index in [1.165, 1.54) is 18.2 Å². The van der Waals surface area contributed by atoms with Crippen LogP contribution >= 0.6 is 0 Å². The third-order valence-corrected chi connectivity index (χ3v) is 2.92. The fraction of sp³-hybridized carbons (Fsp3) is 0.176. The fourth-order valence-electron chi connectivity index (χ4n) is 1.92. The summed E-state index contributed by atoms with van der Waals surface area (Å²) in [5, 5.41) is 7.82. The monoisotopic (exact) mass is 315 g/mol. The summed E-state index contributed by atoms with van der Waals surface area (Å²) in [6.07, 6.45) is 0. The number of nitrogens with one attached hydrogen (secondary N) is 3. The van der Waals surface area contributed by atoms with E-state index in [2.05, 4.69) is 16.0 Å². The van der Waals surface area contributed by atoms with Crippen molar-refractivity contribution in [1.82, 2.24) is 5.32 Å². The molecule has 23 heavy (non-hydrogen) atoms. The summed E-state index contributed by atoms with van der Waals surface area (Å²) in [6, 6.07) is 12.0. The van der Waals surface area contributed by atoms with Crippen LogP contribution in [-0.2, 0) is 0 Å². The molecular weight excluding hydrogens is 297 g/mol. The molecular formula is C17H18FN3O2. The number of benzene rings is 2. The third kappa shape index (κ3) is 4.81. The zero-order chi connectivity index (χ0) is 16.8. The van der Waals surface area contributed by atoms with E-state index in [0.29, 0.717) is 11.3 Å². The highest BCUT2D eigenvalue weighted by Crippen LogP contribution is 2.16. The van der Waals surface area contributed by atoms with Crippen LogP contribution in [-0.4, -0.2) is 18.0 Å². The summed E-state index contributed by atoms with van der Waals surface area (Å²) in [5.74, 6) is -0.963. The Kier molecular flexibility index (Phi) is 5.30. The Morgan fingerprint density at radius 1 is 1.00 bits per heavy atom. The van der Waals surface area contributed by atoms with E-state index in [9.17, 15) is 14.0 Å². The summed E-state index contributed by atoms with van der Waals surface area (Å²) in [4.78, 5) is 23.8. The van der Waals surface area contributed by atoms with Crippen molar-refractivity contribution in [3.05, 3.63) is 59.9 Å². The van der Waals surface area contributed by atoms with Gasteiger partial charge in [-0.1, -0.05) is 18.2 Å². The maximum Gasteiger partial charge on any atom is 0.319 e. The van der Waals surface area contributed by atoms with Crippen molar-refractivity contribution in [1.29, 1.82) is 0 Å². The Labute approximate surface area is 133 Å². The highest BCUT2D eigenvalue weighted by Gasteiger charge is 2.10. The lowest BCUT2D eigenvalue weighted by molar-refractivity contribution is 0.102. The Bertz CT molecular complexity index is 716. The minimum atomic E-state index is -0.508. The predicted molar refractivity (Wildman–Crippen MR) is 88.1 cm³/mol. The lowest BCUT2D eigenvalue weighted by atomic mass is 10.2. The van der Waals surface area contributed by atoms with Gasteiger partial charge in [-0.3, -0.25) is 4.79 Å². The number of carbonyl (C=O) groups is 2. The molecule has 0 saturated carbocycles. The minimum absolute atomic E-state index is 0.00235. The number of anilines is 2. The molecule has 0 fully saturated rings. The molecule has 2 aromatic carbocycles. The Hall–Kier alpha value is -2.89. The maximum atomic E-state index is 13.6. The van der Waals surface area contributed by atoms with Gasteiger partial charge in [-0.2, -0.15) is 0 Å². The van der Waals surface area contributed by atoms with Gasteiger partial charge in [0.2, 0.25) is 0 Å². The Morgan fingerprint density at radius 2 is 1.74 bits per heavy atom. The van der Waals surface area contributed by atoms with Gasteiger partial charge in [-0.25, -0.2) is 9.18 Å². The van der Waals surface area contributed by atoms with Gasteiger partial charge in [-0.15, -0.1) is 0 Å². The number of urea groups is 1. The van der Waals surface area contributed by atoms with Crippen molar-refractivity contribution >= 4 is 23.3 Å². The maximum absolute atomic E-state index is 13.6. The molecule has 0 aliphatic rings. The molecule has 0 atom stereocenters. The minimum Gasteiger partial charge on any atom is -0.336 e. The summed E-state index contributed by atoms with van der Waals surface area (Å²) < 4.78 is 13.6. The number of para-hydroxylation sites is 1. The number of amides is 3. The summed E-state index contributed by atoms with van der Waals surface area (Å²) in [6.45, 7) is 3.69. The molecule has 0 heterocycles. The third-order valence-electron chi connectivity index (χ3n) is 2.92. The molecule has 3 amide bonds. The second-order valence-electron chi connectivity index (χ2n) is 5.27. The largest absolute Gasteiger partial charge is 0.336 e. The zero-order valence-corrected chi connectivity index (χ0v) is 12.9. The van der Waals surface area contributed by atoms with Crippen LogP contribution in [0.25, 0.3) is 0 Å². The average Bonchev–Trinajstić information content (AvgIpc) is 2.49. The van der Waals surface area contributed by atoms with Crippen LogP contribution in [0.3, 0.4) is 0 Å². The van der Waals surface area contributed by atoms with Crippen molar-refractivity contribution in [3.8, 4) is 0 Å². The van der Waals surface area contributed by atoms with E-state index in [-0.39, 0.29) is 17.8 Å². The van der Waals surface area contributed by atoms with E-state index in [0.717, 1.165) is 0 Å². The van der Waals surface area contributed by atoms with Crippen molar-refractivity contribution < 1.29 is 14.0 Å². The molecule has 120 valence electrons. The van der Waals surface area contributed by atoms with Crippen LogP contribution in [0.1, 0.15) is 24.2 Å². The number of halogens is 1. The molecule has 0 aromatic heterocycles. The van der Waals surface area contributed by atoms with Crippen LogP contribution in [0.15, 0.2) is 48.5 Å². The molecule has 2 aromatic rings. The normalized spacial score (nSPS) is 10.3. The fourth-order valence-corrected chi connectivity index (χ4v) is 1.92. The van der Waals surface area contributed by atoms with Crippen LogP contribution in [0, 0.1) is 5.82 Å². The molecule has 6 heteroatoms. The van der Waals surface area contributed by atoms with Crippen molar-refractivity contribution in [3.63, 3.8) is 0 Å². The average molecular weight is 315 g/mol. The van der Waals surface area contributed by atoms with Crippen molar-refractivity contribution in [2.45, 2.75) is 19.9 Å². The van der Waals surface area contributed by atoms with Crippen molar-refractivity contribution in [2.24, 2.45) is 0 Å². The number of carbonyl (C=O) groups excluding carboxylic acids is 2. The molecule has 0 aliphatic heterocycles. The van der Waals surface area contributed by atoms with Gasteiger partial charge in [0.1, 0.15) is 5.82 Å². The van der Waals surface area contributed by atoms with Crippen LogP contribution in [0.4, 0.5) is 20.6 Å². The van der Waals surface area contributed by atoms with Crippen LogP contribution in [0.5, 0.6) is 0 Å². The van der Waals surface area contributed by atoms with Gasteiger partial charge in [0.25, 0.3) is 5.91 Å². The Morgan fingerprint density at radius 3 is 2.43 bits per heavy atom. The first kappa shape index (κ1) is 16.5. The molecule has 3 N–H and O–H groups in total. The first-order valence-corrected chi connectivity index (χ1v) is 7.19. The van der Waals surface area contributed by atoms with E-state index in [4.69, 9.17) is 0 Å². The SMILES string of the molecule is CC(C)NC(=O)Nc1cccc(C(=O)Nc2ccccc2F)c1. The summed E-state index contributed by atoms with van der Waals surface area (Å²) in [7, 11) is 0. The lowest BCUT2D eigenvalue weighted by Gasteiger charge is -2.11. The van der Waals surface area contributed by atoms with E-state index in [1.807, 2.05) is 13.8 Å². The second-order valence-corrected chi connectivity index (χ2v) is 5.27. The molecule has 0 unspecified atom stereocenters. The number of hydrogen-bond donors (Lipinski definition) is 3. The summed E-state index contributed by atoms with van der Waals surface area (Å²) >= 11 is 0. The molecule has 0 bridgehead atoms. The lowest BCUT2D eigenvalue weighted by Crippen LogP contribution is -2.34. The number of rotatable bonds is 4. The van der Waals surface area contributed by atoms with Gasteiger partial charge in [0.05, 0.1) is 5.69 Å². The van der Waals surface area contributed by atoms with E-state index < -0.39 is 11.7 Å². The molecule has 0 aliphatic carbocycles. The van der Waals surface area contributed by atoms with Gasteiger partial charge in [-0.05, 0) is 44.2 Å². The molecule has 0 radical (unpaired) electrons. The topological polar surface area (TPSA) is 70.2 Å². The van der Waals surface area contributed by atoms with Gasteiger partial charge in [0, 0.05) is 17.3 Å². The van der Waals surface area contributed by atoms with E-state index in [1.54, 1.807) is 30.3 Å². The smallest absolute Gasteiger partial charge is 0.319 e. The predicted octanol–water partition coefficient (Wildman–Crippen LogP) is 3.61. The van der Waals surface area contributed by atoms with Crippen LogP contribution in [0.2, 0.25) is 0 Å².